The van der Waals surface area contributed by atoms with Crippen LogP contribution in [-0.2, 0) is 4.79 Å². The van der Waals surface area contributed by atoms with Gasteiger partial charge in [-0.25, -0.2) is 0 Å². The highest BCUT2D eigenvalue weighted by atomic mass is 16.2. The number of hydrogen-bond acceptors (Lipinski definition) is 2. The Bertz CT molecular complexity index is 221. The SMILES string of the molecule is CC1CC1C(=O)NCCN=[N+]=[N-]. The van der Waals surface area contributed by atoms with Crippen molar-refractivity contribution in [1.82, 2.24) is 5.32 Å². The molecule has 1 fully saturated rings. The van der Waals surface area contributed by atoms with E-state index >= 15 is 0 Å². The molecule has 1 saturated carbocycles. The zero-order valence-electron chi connectivity index (χ0n) is 7.03. The highest BCUT2D eigenvalue weighted by Gasteiger charge is 2.38. The molecular formula is C7H12N4O. The Kier molecular flexibility index (Phi) is 2.94. The average molecular weight is 168 g/mol. The van der Waals surface area contributed by atoms with E-state index in [-0.39, 0.29) is 11.8 Å². The predicted octanol–water partition coefficient (Wildman–Crippen LogP) is 1.07. The summed E-state index contributed by atoms with van der Waals surface area (Å²) in [6, 6.07) is 0. The van der Waals surface area contributed by atoms with Gasteiger partial charge < -0.3 is 5.32 Å². The molecule has 2 unspecified atom stereocenters. The smallest absolute Gasteiger partial charge is 0.223 e. The molecule has 0 spiro atoms. The molecule has 0 saturated heterocycles. The summed E-state index contributed by atoms with van der Waals surface area (Å²) in [7, 11) is 0. The van der Waals surface area contributed by atoms with Crippen LogP contribution in [0.5, 0.6) is 0 Å². The Morgan fingerprint density at radius 1 is 1.83 bits per heavy atom. The van der Waals surface area contributed by atoms with Crippen LogP contribution in [0.25, 0.3) is 10.4 Å². The Morgan fingerprint density at radius 2 is 2.50 bits per heavy atom. The fourth-order valence-corrected chi connectivity index (χ4v) is 1.09. The average Bonchev–Trinajstić information content (AvgIpc) is 2.76. The first-order valence-electron chi connectivity index (χ1n) is 4.04. The molecule has 0 radical (unpaired) electrons. The molecule has 12 heavy (non-hydrogen) atoms. The van der Waals surface area contributed by atoms with Crippen LogP contribution in [0.3, 0.4) is 0 Å². The van der Waals surface area contributed by atoms with Crippen LogP contribution in [0, 0.1) is 11.8 Å². The number of hydrogen-bond donors (Lipinski definition) is 1. The van der Waals surface area contributed by atoms with Gasteiger partial charge in [0, 0.05) is 23.9 Å². The molecule has 66 valence electrons. The normalized spacial score (nSPS) is 25.8. The Hall–Kier alpha value is -1.22. The predicted molar refractivity (Wildman–Crippen MR) is 44.3 cm³/mol. The first-order chi connectivity index (χ1) is 5.75. The lowest BCUT2D eigenvalue weighted by Crippen LogP contribution is -2.27. The number of nitrogens with zero attached hydrogens (tertiary/aromatic N) is 3. The van der Waals surface area contributed by atoms with Gasteiger partial charge in [-0.05, 0) is 17.9 Å². The lowest BCUT2D eigenvalue weighted by molar-refractivity contribution is -0.122. The van der Waals surface area contributed by atoms with E-state index in [1.165, 1.54) is 0 Å². The molecule has 1 aliphatic carbocycles. The van der Waals surface area contributed by atoms with Crippen molar-refractivity contribution in [2.24, 2.45) is 17.0 Å². The van der Waals surface area contributed by atoms with E-state index < -0.39 is 0 Å². The molecule has 5 heteroatoms. The van der Waals surface area contributed by atoms with Crippen molar-refractivity contribution in [3.05, 3.63) is 10.4 Å². The summed E-state index contributed by atoms with van der Waals surface area (Å²) in [6.07, 6.45) is 0.993. The largest absolute Gasteiger partial charge is 0.356 e. The van der Waals surface area contributed by atoms with Gasteiger partial charge in [0.05, 0.1) is 0 Å². The van der Waals surface area contributed by atoms with Gasteiger partial charge in [0.1, 0.15) is 0 Å². The minimum Gasteiger partial charge on any atom is -0.356 e. The number of nitrogens with one attached hydrogen (secondary N) is 1. The van der Waals surface area contributed by atoms with Gasteiger partial charge in [-0.1, -0.05) is 12.0 Å². The van der Waals surface area contributed by atoms with Crippen LogP contribution in [0.15, 0.2) is 5.11 Å². The number of carbonyl (C=O) groups is 1. The summed E-state index contributed by atoms with van der Waals surface area (Å²) >= 11 is 0. The molecule has 1 N–H and O–H groups in total. The second-order valence-electron chi connectivity index (χ2n) is 3.06. The topological polar surface area (TPSA) is 77.9 Å². The third kappa shape index (κ3) is 2.43. The maximum Gasteiger partial charge on any atom is 0.223 e. The minimum absolute atomic E-state index is 0.0932. The zero-order valence-corrected chi connectivity index (χ0v) is 7.03. The first kappa shape index (κ1) is 8.87. The van der Waals surface area contributed by atoms with Gasteiger partial charge in [0.2, 0.25) is 5.91 Å². The van der Waals surface area contributed by atoms with Gasteiger partial charge >= 0.3 is 0 Å². The van der Waals surface area contributed by atoms with Crippen molar-refractivity contribution >= 4 is 5.91 Å². The quantitative estimate of drug-likeness (QED) is 0.290. The Balaban J connectivity index is 2.07. The number of amides is 1. The number of azide groups is 1. The van der Waals surface area contributed by atoms with Crippen molar-refractivity contribution in [3.8, 4) is 0 Å². The molecule has 1 rings (SSSR count). The van der Waals surface area contributed by atoms with Crippen LogP contribution in [0.1, 0.15) is 13.3 Å². The van der Waals surface area contributed by atoms with Crippen molar-refractivity contribution in [2.75, 3.05) is 13.1 Å². The molecular weight excluding hydrogens is 156 g/mol. The monoisotopic (exact) mass is 168 g/mol. The molecule has 0 bridgehead atoms. The lowest BCUT2D eigenvalue weighted by Gasteiger charge is -1.99. The van der Waals surface area contributed by atoms with E-state index in [4.69, 9.17) is 5.53 Å². The van der Waals surface area contributed by atoms with Gasteiger partial charge in [-0.2, -0.15) is 0 Å². The van der Waals surface area contributed by atoms with Crippen LogP contribution in [-0.4, -0.2) is 19.0 Å². The Labute approximate surface area is 70.8 Å². The van der Waals surface area contributed by atoms with Crippen molar-refractivity contribution in [2.45, 2.75) is 13.3 Å². The van der Waals surface area contributed by atoms with Gasteiger partial charge in [0.25, 0.3) is 0 Å². The second-order valence-corrected chi connectivity index (χ2v) is 3.06. The van der Waals surface area contributed by atoms with Crippen LogP contribution < -0.4 is 5.32 Å². The summed E-state index contributed by atoms with van der Waals surface area (Å²) in [5, 5.41) is 6.01. The molecule has 1 aliphatic rings. The molecule has 0 heterocycles. The summed E-state index contributed by atoms with van der Waals surface area (Å²) in [4.78, 5) is 13.7. The van der Waals surface area contributed by atoms with Crippen molar-refractivity contribution < 1.29 is 4.79 Å². The lowest BCUT2D eigenvalue weighted by atomic mass is 10.3. The van der Waals surface area contributed by atoms with Crippen LogP contribution >= 0.6 is 0 Å². The molecule has 2 atom stereocenters. The summed E-state index contributed by atoms with van der Waals surface area (Å²) < 4.78 is 0. The molecule has 1 amide bonds. The minimum atomic E-state index is 0.0932. The van der Waals surface area contributed by atoms with Crippen LogP contribution in [0.4, 0.5) is 0 Å². The second kappa shape index (κ2) is 3.97. The van der Waals surface area contributed by atoms with Crippen LogP contribution in [0.2, 0.25) is 0 Å². The van der Waals surface area contributed by atoms with Gasteiger partial charge in [0.15, 0.2) is 0 Å². The third-order valence-corrected chi connectivity index (χ3v) is 2.02. The molecule has 0 aromatic rings. The molecule has 5 nitrogen and oxygen atoms in total. The van der Waals surface area contributed by atoms with E-state index in [0.29, 0.717) is 19.0 Å². The number of carbonyl (C=O) groups excluding carboxylic acids is 1. The Morgan fingerprint density at radius 3 is 3.00 bits per heavy atom. The highest BCUT2D eigenvalue weighted by Crippen LogP contribution is 2.37. The van der Waals surface area contributed by atoms with Crippen molar-refractivity contribution in [3.63, 3.8) is 0 Å². The molecule has 0 aromatic carbocycles. The fraction of sp³-hybridized carbons (Fsp3) is 0.857. The number of rotatable bonds is 4. The van der Waals surface area contributed by atoms with E-state index in [2.05, 4.69) is 22.3 Å². The van der Waals surface area contributed by atoms with Crippen molar-refractivity contribution in [1.29, 1.82) is 0 Å². The fourth-order valence-electron chi connectivity index (χ4n) is 1.09. The van der Waals surface area contributed by atoms with E-state index in [1.807, 2.05) is 0 Å². The summed E-state index contributed by atoms with van der Waals surface area (Å²) in [6.45, 7) is 2.84. The maximum absolute atomic E-state index is 11.1. The summed E-state index contributed by atoms with van der Waals surface area (Å²) in [5.41, 5.74) is 7.94. The molecule has 0 aromatic heterocycles. The van der Waals surface area contributed by atoms with Gasteiger partial charge in [-0.3, -0.25) is 4.79 Å². The summed E-state index contributed by atoms with van der Waals surface area (Å²) in [5.74, 6) is 0.830. The maximum atomic E-state index is 11.1. The van der Waals surface area contributed by atoms with E-state index in [1.54, 1.807) is 0 Å². The third-order valence-electron chi connectivity index (χ3n) is 2.02. The standard InChI is InChI=1S/C7H12N4O/c1-5-4-6(5)7(12)9-2-3-10-11-8/h5-6H,2-4H2,1H3,(H,9,12). The molecule has 0 aliphatic heterocycles. The zero-order chi connectivity index (χ0) is 8.97. The highest BCUT2D eigenvalue weighted by molar-refractivity contribution is 5.81. The van der Waals surface area contributed by atoms with E-state index in [0.717, 1.165) is 6.42 Å². The van der Waals surface area contributed by atoms with Gasteiger partial charge in [-0.15, -0.1) is 0 Å². The van der Waals surface area contributed by atoms with E-state index in [9.17, 15) is 4.79 Å². The first-order valence-corrected chi connectivity index (χ1v) is 4.04.